The van der Waals surface area contributed by atoms with E-state index in [0.717, 1.165) is 11.3 Å². The molecule has 0 amide bonds. The zero-order chi connectivity index (χ0) is 15.9. The Morgan fingerprint density at radius 3 is 2.64 bits per heavy atom. The van der Waals surface area contributed by atoms with Gasteiger partial charge >= 0.3 is 0 Å². The summed E-state index contributed by atoms with van der Waals surface area (Å²) in [6.07, 6.45) is 1.71. The molecule has 0 aliphatic heterocycles. The molecule has 0 radical (unpaired) electrons. The van der Waals surface area contributed by atoms with E-state index in [1.165, 1.54) is 0 Å². The average Bonchev–Trinajstić information content (AvgIpc) is 2.49. The van der Waals surface area contributed by atoms with Gasteiger partial charge in [0.15, 0.2) is 5.75 Å². The van der Waals surface area contributed by atoms with Crippen LogP contribution in [0.1, 0.15) is 6.92 Å². The Bertz CT molecular complexity index is 690. The molecule has 0 aliphatic carbocycles. The van der Waals surface area contributed by atoms with Crippen LogP contribution in [0.15, 0.2) is 59.5 Å². The smallest absolute Gasteiger partial charge is 0.292 e. The molecule has 0 saturated carbocycles. The van der Waals surface area contributed by atoms with Crippen molar-refractivity contribution in [3.05, 3.63) is 65.1 Å². The quantitative estimate of drug-likeness (QED) is 0.630. The summed E-state index contributed by atoms with van der Waals surface area (Å²) in [4.78, 5) is 12.2. The standard InChI is InChI=1S/C17H20N2O3/c1-13(2)12-22-16-4-3-9-19(17(16)20)10-11-21-15-7-5-14(18)6-8-15/h3-9H,1,10-12,18H2,2H3. The number of nitrogen functional groups attached to an aromatic ring is 1. The van der Waals surface area contributed by atoms with Crippen LogP contribution < -0.4 is 20.8 Å². The normalized spacial score (nSPS) is 10.2. The van der Waals surface area contributed by atoms with Crippen LogP contribution in [0.2, 0.25) is 0 Å². The van der Waals surface area contributed by atoms with Crippen LogP contribution in [0.5, 0.6) is 11.5 Å². The van der Waals surface area contributed by atoms with Gasteiger partial charge in [-0.15, -0.1) is 0 Å². The van der Waals surface area contributed by atoms with Crippen LogP contribution in [-0.2, 0) is 6.54 Å². The molecule has 0 fully saturated rings. The topological polar surface area (TPSA) is 66.5 Å². The lowest BCUT2D eigenvalue weighted by Crippen LogP contribution is -2.24. The molecule has 0 aliphatic rings. The molecule has 2 rings (SSSR count). The summed E-state index contributed by atoms with van der Waals surface area (Å²) in [5, 5.41) is 0. The molecule has 2 N–H and O–H groups in total. The van der Waals surface area contributed by atoms with Crippen LogP contribution in [0.25, 0.3) is 0 Å². The van der Waals surface area contributed by atoms with Gasteiger partial charge in [-0.3, -0.25) is 4.79 Å². The highest BCUT2D eigenvalue weighted by molar-refractivity contribution is 5.41. The summed E-state index contributed by atoms with van der Waals surface area (Å²) in [5.41, 5.74) is 6.98. The molecule has 1 heterocycles. The number of pyridine rings is 1. The molecule has 1 aromatic heterocycles. The number of nitrogens with zero attached hydrogens (tertiary/aromatic N) is 1. The number of benzene rings is 1. The van der Waals surface area contributed by atoms with E-state index in [2.05, 4.69) is 6.58 Å². The largest absolute Gasteiger partial charge is 0.492 e. The van der Waals surface area contributed by atoms with Gasteiger partial charge in [-0.2, -0.15) is 0 Å². The maximum atomic E-state index is 12.2. The first-order valence-corrected chi connectivity index (χ1v) is 7.01. The fourth-order valence-electron chi connectivity index (χ4n) is 1.83. The van der Waals surface area contributed by atoms with Gasteiger partial charge in [0, 0.05) is 11.9 Å². The van der Waals surface area contributed by atoms with Crippen molar-refractivity contribution < 1.29 is 9.47 Å². The van der Waals surface area contributed by atoms with E-state index in [1.807, 2.05) is 6.92 Å². The van der Waals surface area contributed by atoms with Crippen LogP contribution in [0.4, 0.5) is 5.69 Å². The minimum Gasteiger partial charge on any atom is -0.492 e. The van der Waals surface area contributed by atoms with Crippen LogP contribution in [0, 0.1) is 0 Å². The second-order valence-corrected chi connectivity index (χ2v) is 5.03. The highest BCUT2D eigenvalue weighted by atomic mass is 16.5. The van der Waals surface area contributed by atoms with Gasteiger partial charge < -0.3 is 19.8 Å². The number of ether oxygens (including phenoxy) is 2. The van der Waals surface area contributed by atoms with Gasteiger partial charge in [0.2, 0.25) is 0 Å². The second kappa shape index (κ2) is 7.36. The van der Waals surface area contributed by atoms with Crippen molar-refractivity contribution in [3.8, 4) is 11.5 Å². The van der Waals surface area contributed by atoms with E-state index in [4.69, 9.17) is 15.2 Å². The summed E-state index contributed by atoms with van der Waals surface area (Å²) < 4.78 is 12.6. The average molecular weight is 300 g/mol. The molecule has 116 valence electrons. The summed E-state index contributed by atoms with van der Waals surface area (Å²) in [6, 6.07) is 10.6. The van der Waals surface area contributed by atoms with Gasteiger partial charge in [0.1, 0.15) is 19.0 Å². The monoisotopic (exact) mass is 300 g/mol. The minimum absolute atomic E-state index is 0.176. The Morgan fingerprint density at radius 2 is 1.95 bits per heavy atom. The zero-order valence-corrected chi connectivity index (χ0v) is 12.6. The minimum atomic E-state index is -0.176. The summed E-state index contributed by atoms with van der Waals surface area (Å²) in [7, 11) is 0. The molecule has 22 heavy (non-hydrogen) atoms. The van der Waals surface area contributed by atoms with Crippen LogP contribution in [0.3, 0.4) is 0 Å². The second-order valence-electron chi connectivity index (χ2n) is 5.03. The van der Waals surface area contributed by atoms with E-state index < -0.39 is 0 Å². The van der Waals surface area contributed by atoms with Crippen molar-refractivity contribution in [2.45, 2.75) is 13.5 Å². The summed E-state index contributed by atoms with van der Waals surface area (Å²) >= 11 is 0. The van der Waals surface area contributed by atoms with E-state index in [1.54, 1.807) is 47.2 Å². The molecule has 0 atom stereocenters. The molecular weight excluding hydrogens is 280 g/mol. The van der Waals surface area contributed by atoms with Crippen molar-refractivity contribution >= 4 is 5.69 Å². The highest BCUT2D eigenvalue weighted by Gasteiger charge is 2.04. The van der Waals surface area contributed by atoms with Crippen molar-refractivity contribution in [3.63, 3.8) is 0 Å². The third-order valence-corrected chi connectivity index (χ3v) is 2.94. The molecule has 2 aromatic rings. The molecular formula is C17H20N2O3. The lowest BCUT2D eigenvalue weighted by atomic mass is 10.3. The predicted octanol–water partition coefficient (Wildman–Crippen LogP) is 2.46. The molecule has 0 spiro atoms. The number of anilines is 1. The van der Waals surface area contributed by atoms with Gasteiger partial charge in [-0.1, -0.05) is 6.58 Å². The Morgan fingerprint density at radius 1 is 1.23 bits per heavy atom. The predicted molar refractivity (Wildman–Crippen MR) is 87.4 cm³/mol. The zero-order valence-electron chi connectivity index (χ0n) is 12.6. The summed E-state index contributed by atoms with van der Waals surface area (Å²) in [6.45, 7) is 6.75. The maximum Gasteiger partial charge on any atom is 0.292 e. The Labute approximate surface area is 129 Å². The number of hydrogen-bond donors (Lipinski definition) is 1. The van der Waals surface area contributed by atoms with Crippen molar-refractivity contribution in [1.82, 2.24) is 4.57 Å². The van der Waals surface area contributed by atoms with E-state index in [9.17, 15) is 4.79 Å². The van der Waals surface area contributed by atoms with Crippen LogP contribution >= 0.6 is 0 Å². The fourth-order valence-corrected chi connectivity index (χ4v) is 1.83. The third kappa shape index (κ3) is 4.41. The van der Waals surface area contributed by atoms with Crippen LogP contribution in [-0.4, -0.2) is 17.8 Å². The highest BCUT2D eigenvalue weighted by Crippen LogP contribution is 2.13. The molecule has 5 nitrogen and oxygen atoms in total. The molecule has 5 heteroatoms. The Kier molecular flexibility index (Phi) is 5.25. The molecule has 0 bridgehead atoms. The molecule has 1 aromatic carbocycles. The SMILES string of the molecule is C=C(C)COc1cccn(CCOc2ccc(N)cc2)c1=O. The first-order chi connectivity index (χ1) is 10.6. The fraction of sp³-hybridized carbons (Fsp3) is 0.235. The molecule has 0 unspecified atom stereocenters. The third-order valence-electron chi connectivity index (χ3n) is 2.94. The van der Waals surface area contributed by atoms with E-state index in [-0.39, 0.29) is 5.56 Å². The molecule has 0 saturated heterocycles. The maximum absolute atomic E-state index is 12.2. The van der Waals surface area contributed by atoms with Gasteiger partial charge in [0.25, 0.3) is 5.56 Å². The Balaban J connectivity index is 1.95. The number of aromatic nitrogens is 1. The van der Waals surface area contributed by atoms with Gasteiger partial charge in [0.05, 0.1) is 6.54 Å². The van der Waals surface area contributed by atoms with Crippen molar-refractivity contribution in [2.75, 3.05) is 18.9 Å². The van der Waals surface area contributed by atoms with Crippen molar-refractivity contribution in [2.24, 2.45) is 0 Å². The number of rotatable bonds is 7. The Hall–Kier alpha value is -2.69. The number of hydrogen-bond acceptors (Lipinski definition) is 4. The first kappa shape index (κ1) is 15.7. The van der Waals surface area contributed by atoms with Gasteiger partial charge in [-0.05, 0) is 48.9 Å². The van der Waals surface area contributed by atoms with Crippen molar-refractivity contribution in [1.29, 1.82) is 0 Å². The number of nitrogens with two attached hydrogens (primary N) is 1. The van der Waals surface area contributed by atoms with E-state index >= 15 is 0 Å². The lowest BCUT2D eigenvalue weighted by Gasteiger charge is -2.10. The first-order valence-electron chi connectivity index (χ1n) is 7.01. The van der Waals surface area contributed by atoms with E-state index in [0.29, 0.717) is 31.2 Å². The lowest BCUT2D eigenvalue weighted by molar-refractivity contribution is 0.292. The van der Waals surface area contributed by atoms with Gasteiger partial charge in [-0.25, -0.2) is 0 Å². The summed E-state index contributed by atoms with van der Waals surface area (Å²) in [5.74, 6) is 1.04.